The molecular formula is C49H52N16O2. The summed E-state index contributed by atoms with van der Waals surface area (Å²) in [6, 6.07) is 25.5. The number of anilines is 8. The van der Waals surface area contributed by atoms with E-state index in [4.69, 9.17) is 10.8 Å². The predicted molar refractivity (Wildman–Crippen MR) is 261 cm³/mol. The smallest absolute Gasteiger partial charge is 0.255 e. The molecule has 0 aliphatic heterocycles. The van der Waals surface area contributed by atoms with Crippen LogP contribution in [0, 0.1) is 6.92 Å². The number of nitrogens with zero attached hydrogens (tertiary/aromatic N) is 10. The summed E-state index contributed by atoms with van der Waals surface area (Å²) in [5, 5.41) is 25.8. The number of rotatable bonds is 13. The van der Waals surface area contributed by atoms with Crippen LogP contribution in [0.15, 0.2) is 116 Å². The quantitative estimate of drug-likeness (QED) is 0.0637. The average molecular weight is 897 g/mol. The lowest BCUT2D eigenvalue weighted by Gasteiger charge is -2.18. The predicted octanol–water partition coefficient (Wildman–Crippen LogP) is 8.54. The minimum absolute atomic E-state index is 0.219. The third-order valence-corrected chi connectivity index (χ3v) is 10.8. The third kappa shape index (κ3) is 10.5. The van der Waals surface area contributed by atoms with Crippen molar-refractivity contribution >= 4 is 57.8 Å². The lowest BCUT2D eigenvalue weighted by Crippen LogP contribution is -2.17. The molecule has 0 saturated carbocycles. The van der Waals surface area contributed by atoms with Gasteiger partial charge in [0, 0.05) is 106 Å². The zero-order valence-electron chi connectivity index (χ0n) is 38.5. The van der Waals surface area contributed by atoms with Gasteiger partial charge in [-0.1, -0.05) is 53.7 Å². The van der Waals surface area contributed by atoms with Gasteiger partial charge in [-0.3, -0.25) is 19.6 Å². The van der Waals surface area contributed by atoms with Crippen molar-refractivity contribution in [3.05, 3.63) is 156 Å². The largest absolute Gasteiger partial charge is 0.384 e. The van der Waals surface area contributed by atoms with E-state index in [1.165, 1.54) is 12.7 Å². The van der Waals surface area contributed by atoms with Gasteiger partial charge in [0.2, 0.25) is 0 Å². The molecule has 67 heavy (non-hydrogen) atoms. The number of nitrogens with two attached hydrogens (primary N) is 1. The van der Waals surface area contributed by atoms with Gasteiger partial charge >= 0.3 is 0 Å². The zero-order chi connectivity index (χ0) is 47.5. The summed E-state index contributed by atoms with van der Waals surface area (Å²) in [6.45, 7) is 14.3. The van der Waals surface area contributed by atoms with Crippen LogP contribution >= 0.6 is 0 Å². The number of hydrogen-bond donors (Lipinski definition) is 6. The van der Waals surface area contributed by atoms with E-state index in [0.29, 0.717) is 69.4 Å². The molecule has 0 fully saturated rings. The lowest BCUT2D eigenvalue weighted by atomic mass is 9.91. The fraction of sp³-hybridized carbons (Fsp3) is 0.224. The van der Waals surface area contributed by atoms with Crippen LogP contribution in [0.3, 0.4) is 0 Å². The lowest BCUT2D eigenvalue weighted by molar-refractivity contribution is 0.101. The molecule has 2 aromatic carbocycles. The van der Waals surface area contributed by atoms with Crippen LogP contribution in [0.1, 0.15) is 90.5 Å². The molecule has 8 aromatic rings. The number of carbonyl (C=O) groups excluding carboxylic acids is 2. The second-order valence-electron chi connectivity index (χ2n) is 18.0. The first-order chi connectivity index (χ1) is 32.0. The fourth-order valence-corrected chi connectivity index (χ4v) is 7.04. The first-order valence-corrected chi connectivity index (χ1v) is 21.5. The third-order valence-electron chi connectivity index (χ3n) is 10.8. The number of pyridine rings is 2. The van der Waals surface area contributed by atoms with Gasteiger partial charge < -0.3 is 32.3 Å². The molecule has 18 heteroatoms. The van der Waals surface area contributed by atoms with Crippen molar-refractivity contribution in [1.29, 1.82) is 0 Å². The summed E-state index contributed by atoms with van der Waals surface area (Å²) in [5.74, 6) is 2.53. The van der Waals surface area contributed by atoms with Crippen LogP contribution in [0.5, 0.6) is 0 Å². The van der Waals surface area contributed by atoms with Crippen LogP contribution in [-0.4, -0.2) is 68.3 Å². The molecule has 340 valence electrons. The van der Waals surface area contributed by atoms with E-state index in [1.54, 1.807) is 59.3 Å². The highest BCUT2D eigenvalue weighted by Gasteiger charge is 2.21. The van der Waals surface area contributed by atoms with Crippen LogP contribution in [0.2, 0.25) is 0 Å². The number of benzene rings is 2. The molecule has 0 radical (unpaired) electrons. The van der Waals surface area contributed by atoms with Crippen molar-refractivity contribution in [2.45, 2.75) is 65.7 Å². The summed E-state index contributed by atoms with van der Waals surface area (Å²) >= 11 is 0. The van der Waals surface area contributed by atoms with Gasteiger partial charge in [0.15, 0.2) is 11.6 Å². The molecule has 6 aromatic heterocycles. The Bertz CT molecular complexity index is 3110. The van der Waals surface area contributed by atoms with Crippen molar-refractivity contribution < 1.29 is 9.59 Å². The van der Waals surface area contributed by atoms with Crippen molar-refractivity contribution in [1.82, 2.24) is 49.5 Å². The maximum atomic E-state index is 13.7. The number of aryl methyl sites for hydroxylation is 1. The van der Waals surface area contributed by atoms with Gasteiger partial charge in [-0.2, -0.15) is 19.6 Å². The topological polar surface area (TPSA) is 233 Å². The summed E-state index contributed by atoms with van der Waals surface area (Å²) in [7, 11) is 1.78. The molecule has 18 nitrogen and oxygen atoms in total. The Morgan fingerprint density at radius 3 is 1.84 bits per heavy atom. The highest BCUT2D eigenvalue weighted by atomic mass is 16.2. The number of carbonyl (C=O) groups is 2. The van der Waals surface area contributed by atoms with Gasteiger partial charge in [0.25, 0.3) is 11.8 Å². The van der Waals surface area contributed by atoms with Crippen molar-refractivity contribution in [3.63, 3.8) is 0 Å². The molecule has 0 unspecified atom stereocenters. The number of aromatic nitrogens is 10. The highest BCUT2D eigenvalue weighted by Crippen LogP contribution is 2.32. The maximum Gasteiger partial charge on any atom is 0.255 e. The Hall–Kier alpha value is -8.54. The molecule has 8 rings (SSSR count). The molecule has 0 bridgehead atoms. The van der Waals surface area contributed by atoms with Crippen molar-refractivity contribution in [3.8, 4) is 11.6 Å². The van der Waals surface area contributed by atoms with E-state index >= 15 is 0 Å². The molecule has 0 aliphatic rings. The Labute approximate surface area is 388 Å². The van der Waals surface area contributed by atoms with Gasteiger partial charge in [0.1, 0.15) is 35.9 Å². The van der Waals surface area contributed by atoms with E-state index < -0.39 is 0 Å². The van der Waals surface area contributed by atoms with Crippen molar-refractivity contribution in [2.75, 3.05) is 39.4 Å². The molecule has 0 saturated heterocycles. The molecule has 0 atom stereocenters. The second-order valence-corrected chi connectivity index (χ2v) is 18.0. The minimum Gasteiger partial charge on any atom is -0.384 e. The Morgan fingerprint density at radius 2 is 1.21 bits per heavy atom. The summed E-state index contributed by atoms with van der Waals surface area (Å²) < 4.78 is 3.33. The second kappa shape index (κ2) is 18.5. The molecule has 6 heterocycles. The Morgan fingerprint density at radius 1 is 0.612 bits per heavy atom. The van der Waals surface area contributed by atoms with Gasteiger partial charge in [-0.05, 0) is 66.6 Å². The zero-order valence-corrected chi connectivity index (χ0v) is 38.5. The summed E-state index contributed by atoms with van der Waals surface area (Å²) in [4.78, 5) is 53.4. The Balaban J connectivity index is 1.13. The summed E-state index contributed by atoms with van der Waals surface area (Å²) in [6.07, 6.45) is 8.16. The SMILES string of the molecule is CNc1cc(-n2nccc2Nc2cc(NC(=O)c3ccnc(C(C)(C)C)c3)ccc2Cc2cc(Nc3cc(NC(=O)c4ccnc(C(C)(C)C)c4)ccc3C)n(-c3cc(N)ncn3)n2)ncn1. The number of nitrogens with one attached hydrogen (secondary N) is 5. The average Bonchev–Trinajstić information content (AvgIpc) is 3.94. The highest BCUT2D eigenvalue weighted by molar-refractivity contribution is 6.05. The van der Waals surface area contributed by atoms with Crippen LogP contribution in [0.4, 0.5) is 46.0 Å². The first kappa shape index (κ1) is 45.0. The fourth-order valence-electron chi connectivity index (χ4n) is 7.04. The molecule has 7 N–H and O–H groups in total. The molecule has 0 aliphatic carbocycles. The van der Waals surface area contributed by atoms with Crippen LogP contribution in [0.25, 0.3) is 11.6 Å². The van der Waals surface area contributed by atoms with E-state index in [1.807, 2.05) is 67.6 Å². The molecule has 2 amide bonds. The molecule has 0 spiro atoms. The maximum absolute atomic E-state index is 13.7. The van der Waals surface area contributed by atoms with Crippen LogP contribution < -0.4 is 32.3 Å². The number of amides is 2. The molecular weight excluding hydrogens is 845 g/mol. The standard InChI is InChI=1S/C49H52N16O2/c1-29-9-11-33(59-46(66)31-13-16-52-38(20-31)48(2,3)4)22-36(29)61-45-24-35(63-65(45)43-25-40(50)54-27-56-43)19-30-10-12-34(60-47(67)32-14-17-53-39(21-32)49(5,6)7)23-37(30)62-42-15-18-58-64(42)44-26-41(51-8)55-28-57-44/h9-18,20-28,61-62H,19H2,1-8H3,(H,59,66)(H,60,67)(H2,50,54,56)(H,51,55,57). The van der Waals surface area contributed by atoms with Crippen molar-refractivity contribution in [2.24, 2.45) is 0 Å². The van der Waals surface area contributed by atoms with E-state index in [-0.39, 0.29) is 28.5 Å². The van der Waals surface area contributed by atoms with Gasteiger partial charge in [-0.15, -0.1) is 0 Å². The first-order valence-electron chi connectivity index (χ1n) is 21.5. The van der Waals surface area contributed by atoms with Crippen LogP contribution in [-0.2, 0) is 17.3 Å². The monoisotopic (exact) mass is 896 g/mol. The van der Waals surface area contributed by atoms with E-state index in [9.17, 15) is 9.59 Å². The van der Waals surface area contributed by atoms with Gasteiger partial charge in [0.05, 0.1) is 11.9 Å². The minimum atomic E-state index is -0.276. The number of nitrogen functional groups attached to an aromatic ring is 1. The van der Waals surface area contributed by atoms with E-state index in [2.05, 4.69) is 103 Å². The normalized spacial score (nSPS) is 11.5. The van der Waals surface area contributed by atoms with Gasteiger partial charge in [-0.25, -0.2) is 19.9 Å². The van der Waals surface area contributed by atoms with E-state index in [0.717, 1.165) is 28.2 Å². The Kier molecular flexibility index (Phi) is 12.4. The number of hydrogen-bond acceptors (Lipinski definition) is 14. The summed E-state index contributed by atoms with van der Waals surface area (Å²) in [5.41, 5.74) is 13.3.